The van der Waals surface area contributed by atoms with Gasteiger partial charge in [0.05, 0.1) is 19.4 Å². The first-order valence-electron chi connectivity index (χ1n) is 7.81. The third-order valence-electron chi connectivity index (χ3n) is 3.45. The highest BCUT2D eigenvalue weighted by Gasteiger charge is 2.17. The van der Waals surface area contributed by atoms with Crippen LogP contribution in [-0.2, 0) is 17.9 Å². The number of hydrogen-bond acceptors (Lipinski definition) is 2. The molecular formula is C18H25N2O2+. The van der Waals surface area contributed by atoms with Crippen molar-refractivity contribution in [2.75, 3.05) is 13.1 Å². The first kappa shape index (κ1) is 16.3. The fourth-order valence-electron chi connectivity index (χ4n) is 2.30. The van der Waals surface area contributed by atoms with E-state index in [4.69, 9.17) is 4.42 Å². The molecular weight excluding hydrogens is 276 g/mol. The molecule has 1 amide bonds. The molecule has 1 aromatic carbocycles. The molecule has 0 radical (unpaired) electrons. The van der Waals surface area contributed by atoms with E-state index in [-0.39, 0.29) is 5.91 Å². The van der Waals surface area contributed by atoms with Crippen molar-refractivity contribution >= 4 is 5.91 Å². The maximum atomic E-state index is 12.5. The lowest BCUT2D eigenvalue weighted by molar-refractivity contribution is -0.649. The molecule has 0 bridgehead atoms. The Hall–Kier alpha value is -2.07. The second-order valence-corrected chi connectivity index (χ2v) is 5.94. The predicted octanol–water partition coefficient (Wildman–Crippen LogP) is 2.03. The van der Waals surface area contributed by atoms with E-state index in [0.29, 0.717) is 25.6 Å². The zero-order valence-electron chi connectivity index (χ0n) is 13.4. The minimum atomic E-state index is 0.140. The van der Waals surface area contributed by atoms with Crippen molar-refractivity contribution in [3.8, 4) is 0 Å². The molecule has 0 aliphatic heterocycles. The van der Waals surface area contributed by atoms with Crippen molar-refractivity contribution in [2.24, 2.45) is 5.92 Å². The largest absolute Gasteiger partial charge is 0.467 e. The van der Waals surface area contributed by atoms with Gasteiger partial charge in [0.1, 0.15) is 5.76 Å². The third kappa shape index (κ3) is 5.37. The Balaban J connectivity index is 1.99. The maximum absolute atomic E-state index is 12.5. The fraction of sp³-hybridized carbons (Fsp3) is 0.389. The number of carbonyl (C=O) groups excluding carboxylic acids is 1. The standard InChI is InChI=1S/C18H24N2O2/c1-15(2)11-19-12-18(21)20(14-17-9-6-10-22-17)13-16-7-4-3-5-8-16/h3-10,15,19H,11-14H2,1-2H3/p+1. The highest BCUT2D eigenvalue weighted by atomic mass is 16.3. The van der Waals surface area contributed by atoms with Crippen LogP contribution in [0, 0.1) is 5.92 Å². The van der Waals surface area contributed by atoms with Crippen LogP contribution in [-0.4, -0.2) is 23.9 Å². The molecule has 118 valence electrons. The van der Waals surface area contributed by atoms with Gasteiger partial charge in [0.2, 0.25) is 0 Å². The first-order valence-corrected chi connectivity index (χ1v) is 7.81. The monoisotopic (exact) mass is 301 g/mol. The average Bonchev–Trinajstić information content (AvgIpc) is 3.00. The van der Waals surface area contributed by atoms with Crippen LogP contribution in [0.4, 0.5) is 0 Å². The van der Waals surface area contributed by atoms with Gasteiger partial charge in [-0.1, -0.05) is 44.2 Å². The number of hydrogen-bond donors (Lipinski definition) is 1. The van der Waals surface area contributed by atoms with Gasteiger partial charge in [0, 0.05) is 12.5 Å². The van der Waals surface area contributed by atoms with E-state index in [2.05, 4.69) is 19.2 Å². The number of nitrogens with zero attached hydrogens (tertiary/aromatic N) is 1. The second kappa shape index (κ2) is 8.39. The lowest BCUT2D eigenvalue weighted by Gasteiger charge is -2.21. The predicted molar refractivity (Wildman–Crippen MR) is 85.9 cm³/mol. The van der Waals surface area contributed by atoms with Crippen molar-refractivity contribution in [3.05, 3.63) is 60.1 Å². The van der Waals surface area contributed by atoms with Crippen LogP contribution in [0.25, 0.3) is 0 Å². The Morgan fingerprint density at radius 3 is 2.55 bits per heavy atom. The van der Waals surface area contributed by atoms with E-state index in [1.165, 1.54) is 0 Å². The molecule has 1 heterocycles. The Morgan fingerprint density at radius 1 is 1.14 bits per heavy atom. The SMILES string of the molecule is CC(C)C[NH2+]CC(=O)N(Cc1ccccc1)Cc1ccco1. The molecule has 0 atom stereocenters. The van der Waals surface area contributed by atoms with E-state index in [9.17, 15) is 4.79 Å². The lowest BCUT2D eigenvalue weighted by atomic mass is 10.2. The average molecular weight is 301 g/mol. The molecule has 2 rings (SSSR count). The third-order valence-corrected chi connectivity index (χ3v) is 3.45. The van der Waals surface area contributed by atoms with Gasteiger partial charge in [0.15, 0.2) is 6.54 Å². The summed E-state index contributed by atoms with van der Waals surface area (Å²) in [6, 6.07) is 13.8. The Bertz CT molecular complexity index is 550. The number of nitrogens with two attached hydrogens (primary N) is 1. The highest BCUT2D eigenvalue weighted by molar-refractivity contribution is 5.76. The molecule has 22 heavy (non-hydrogen) atoms. The van der Waals surface area contributed by atoms with Crippen LogP contribution >= 0.6 is 0 Å². The van der Waals surface area contributed by atoms with Crippen LogP contribution in [0.15, 0.2) is 53.1 Å². The van der Waals surface area contributed by atoms with Gasteiger partial charge in [-0.25, -0.2) is 0 Å². The zero-order valence-corrected chi connectivity index (χ0v) is 13.4. The summed E-state index contributed by atoms with van der Waals surface area (Å²) in [6.07, 6.45) is 1.64. The van der Waals surface area contributed by atoms with Crippen LogP contribution in [0.3, 0.4) is 0 Å². The topological polar surface area (TPSA) is 50.1 Å². The number of carbonyl (C=O) groups is 1. The maximum Gasteiger partial charge on any atom is 0.278 e. The van der Waals surface area contributed by atoms with Crippen molar-refractivity contribution in [2.45, 2.75) is 26.9 Å². The van der Waals surface area contributed by atoms with Crippen molar-refractivity contribution in [1.82, 2.24) is 4.90 Å². The van der Waals surface area contributed by atoms with E-state index in [1.807, 2.05) is 47.4 Å². The fourth-order valence-corrected chi connectivity index (χ4v) is 2.30. The van der Waals surface area contributed by atoms with Crippen molar-refractivity contribution in [1.29, 1.82) is 0 Å². The molecule has 0 unspecified atom stereocenters. The van der Waals surface area contributed by atoms with Crippen LogP contribution in [0.1, 0.15) is 25.2 Å². The molecule has 4 heteroatoms. The summed E-state index contributed by atoms with van der Waals surface area (Å²) in [5.74, 6) is 1.54. The van der Waals surface area contributed by atoms with Gasteiger partial charge < -0.3 is 14.6 Å². The molecule has 1 aromatic heterocycles. The smallest absolute Gasteiger partial charge is 0.278 e. The molecule has 0 saturated carbocycles. The quantitative estimate of drug-likeness (QED) is 0.811. The first-order chi connectivity index (χ1) is 10.6. The summed E-state index contributed by atoms with van der Waals surface area (Å²) in [7, 11) is 0. The lowest BCUT2D eigenvalue weighted by Crippen LogP contribution is -2.87. The Labute approximate surface area is 132 Å². The Kier molecular flexibility index (Phi) is 6.22. The van der Waals surface area contributed by atoms with Gasteiger partial charge in [-0.15, -0.1) is 0 Å². The minimum absolute atomic E-state index is 0.140. The van der Waals surface area contributed by atoms with E-state index >= 15 is 0 Å². The van der Waals surface area contributed by atoms with Crippen molar-refractivity contribution in [3.63, 3.8) is 0 Å². The van der Waals surface area contributed by atoms with Crippen LogP contribution in [0.2, 0.25) is 0 Å². The molecule has 0 spiro atoms. The molecule has 0 aliphatic carbocycles. The van der Waals surface area contributed by atoms with Crippen LogP contribution in [0.5, 0.6) is 0 Å². The summed E-state index contributed by atoms with van der Waals surface area (Å²) in [4.78, 5) is 14.4. The number of benzene rings is 1. The molecule has 0 aliphatic rings. The van der Waals surface area contributed by atoms with E-state index in [1.54, 1.807) is 6.26 Å². The summed E-state index contributed by atoms with van der Waals surface area (Å²) in [5, 5.41) is 2.08. The zero-order chi connectivity index (χ0) is 15.8. The number of amides is 1. The van der Waals surface area contributed by atoms with E-state index < -0.39 is 0 Å². The molecule has 2 N–H and O–H groups in total. The van der Waals surface area contributed by atoms with Gasteiger partial charge >= 0.3 is 0 Å². The highest BCUT2D eigenvalue weighted by Crippen LogP contribution is 2.10. The second-order valence-electron chi connectivity index (χ2n) is 5.94. The molecule has 0 saturated heterocycles. The Morgan fingerprint density at radius 2 is 1.91 bits per heavy atom. The molecule has 2 aromatic rings. The van der Waals surface area contributed by atoms with Gasteiger partial charge in [-0.2, -0.15) is 0 Å². The van der Waals surface area contributed by atoms with Gasteiger partial charge in [0.25, 0.3) is 5.91 Å². The number of furan rings is 1. The number of quaternary nitrogens is 1. The minimum Gasteiger partial charge on any atom is -0.467 e. The normalized spacial score (nSPS) is 10.9. The van der Waals surface area contributed by atoms with Crippen LogP contribution < -0.4 is 5.32 Å². The molecule has 0 fully saturated rings. The number of rotatable bonds is 8. The summed E-state index contributed by atoms with van der Waals surface area (Å²) >= 11 is 0. The summed E-state index contributed by atoms with van der Waals surface area (Å²) in [6.45, 7) is 6.88. The molecule has 4 nitrogen and oxygen atoms in total. The summed E-state index contributed by atoms with van der Waals surface area (Å²) < 4.78 is 5.39. The van der Waals surface area contributed by atoms with E-state index in [0.717, 1.165) is 17.9 Å². The van der Waals surface area contributed by atoms with Gasteiger partial charge in [-0.05, 0) is 17.7 Å². The van der Waals surface area contributed by atoms with Gasteiger partial charge in [-0.3, -0.25) is 4.79 Å². The van der Waals surface area contributed by atoms with Crippen molar-refractivity contribution < 1.29 is 14.5 Å². The summed E-state index contributed by atoms with van der Waals surface area (Å²) in [5.41, 5.74) is 1.13.